The summed E-state index contributed by atoms with van der Waals surface area (Å²) in [5, 5.41) is 9.70. The van der Waals surface area contributed by atoms with Gasteiger partial charge in [-0.25, -0.2) is 0 Å². The van der Waals surface area contributed by atoms with Crippen molar-refractivity contribution in [2.45, 2.75) is 46.1 Å². The summed E-state index contributed by atoms with van der Waals surface area (Å²) >= 11 is 0. The molecule has 0 aliphatic carbocycles. The number of ether oxygens (including phenoxy) is 1. The number of esters is 1. The number of carbonyl (C=O) groups is 1. The fraction of sp³-hybridized carbons (Fsp3) is 0.600. The Kier molecular flexibility index (Phi) is 8.99. The Bertz CT molecular complexity index is 325. The van der Waals surface area contributed by atoms with Crippen LogP contribution >= 0.6 is 0 Å². The average molecular weight is 252 g/mol. The van der Waals surface area contributed by atoms with E-state index in [0.717, 1.165) is 24.8 Å². The lowest BCUT2D eigenvalue weighted by molar-refractivity contribution is -0.148. The molecule has 18 heavy (non-hydrogen) atoms. The molecule has 0 heterocycles. The second kappa shape index (κ2) is 9.69. The number of aliphatic hydroxyl groups excluding tert-OH is 1. The molecule has 0 rings (SSSR count). The van der Waals surface area contributed by atoms with Crippen LogP contribution in [-0.2, 0) is 9.53 Å². The van der Waals surface area contributed by atoms with Gasteiger partial charge in [0.25, 0.3) is 0 Å². The van der Waals surface area contributed by atoms with Crippen molar-refractivity contribution in [3.8, 4) is 0 Å². The lowest BCUT2D eigenvalue weighted by atomic mass is 10.0. The minimum absolute atomic E-state index is 0.297. The van der Waals surface area contributed by atoms with Crippen LogP contribution in [0.4, 0.5) is 0 Å². The normalized spacial score (nSPS) is 13.1. The lowest BCUT2D eigenvalue weighted by Crippen LogP contribution is -2.26. The SMILES string of the molecule is C=CC(O)C(C=C=C(C)CCCC)C(=O)OCC. The highest BCUT2D eigenvalue weighted by Gasteiger charge is 2.23. The molecule has 0 saturated heterocycles. The van der Waals surface area contributed by atoms with Crippen molar-refractivity contribution in [1.82, 2.24) is 0 Å². The molecule has 0 aliphatic heterocycles. The Morgan fingerprint density at radius 2 is 2.17 bits per heavy atom. The van der Waals surface area contributed by atoms with Crippen molar-refractivity contribution < 1.29 is 14.6 Å². The van der Waals surface area contributed by atoms with Gasteiger partial charge in [0, 0.05) is 0 Å². The molecule has 0 fully saturated rings. The second-order valence-electron chi connectivity index (χ2n) is 4.20. The Labute approximate surface area is 110 Å². The molecule has 0 aromatic rings. The van der Waals surface area contributed by atoms with Crippen LogP contribution in [0.25, 0.3) is 0 Å². The monoisotopic (exact) mass is 252 g/mol. The third-order valence-electron chi connectivity index (χ3n) is 2.58. The molecule has 3 heteroatoms. The van der Waals surface area contributed by atoms with Crippen LogP contribution in [0.2, 0.25) is 0 Å². The topological polar surface area (TPSA) is 46.5 Å². The molecule has 0 saturated carbocycles. The van der Waals surface area contributed by atoms with E-state index in [4.69, 9.17) is 4.74 Å². The molecule has 0 spiro atoms. The standard InChI is InChI=1S/C15H24O3/c1-5-8-9-12(4)10-11-13(14(16)6-2)15(17)18-7-3/h6,11,13-14,16H,2,5,7-9H2,1,3-4H3. The van der Waals surface area contributed by atoms with Crippen LogP contribution in [0.15, 0.2) is 30.0 Å². The zero-order chi connectivity index (χ0) is 14.0. The van der Waals surface area contributed by atoms with Gasteiger partial charge in [-0.05, 0) is 38.3 Å². The number of unbranched alkanes of at least 4 members (excludes halogenated alkanes) is 1. The maximum atomic E-state index is 11.7. The minimum atomic E-state index is -0.935. The van der Waals surface area contributed by atoms with Gasteiger partial charge in [0.2, 0.25) is 0 Å². The fourth-order valence-corrected chi connectivity index (χ4v) is 1.44. The molecular formula is C15H24O3. The van der Waals surface area contributed by atoms with Crippen LogP contribution in [-0.4, -0.2) is 23.8 Å². The molecule has 0 radical (unpaired) electrons. The van der Waals surface area contributed by atoms with E-state index in [1.807, 2.05) is 6.92 Å². The molecule has 0 amide bonds. The van der Waals surface area contributed by atoms with Gasteiger partial charge in [-0.15, -0.1) is 12.3 Å². The zero-order valence-electron chi connectivity index (χ0n) is 11.6. The average Bonchev–Trinajstić information content (AvgIpc) is 2.36. The summed E-state index contributed by atoms with van der Waals surface area (Å²) in [6, 6.07) is 0. The van der Waals surface area contributed by atoms with Gasteiger partial charge >= 0.3 is 5.97 Å². The second-order valence-corrected chi connectivity index (χ2v) is 4.20. The van der Waals surface area contributed by atoms with Crippen LogP contribution in [0.1, 0.15) is 40.0 Å². The Morgan fingerprint density at radius 1 is 1.50 bits per heavy atom. The van der Waals surface area contributed by atoms with E-state index in [1.54, 1.807) is 13.0 Å². The van der Waals surface area contributed by atoms with Crippen molar-refractivity contribution in [3.05, 3.63) is 30.0 Å². The summed E-state index contributed by atoms with van der Waals surface area (Å²) in [7, 11) is 0. The number of carbonyl (C=O) groups excluding carboxylic acids is 1. The molecule has 0 aromatic carbocycles. The van der Waals surface area contributed by atoms with Gasteiger partial charge in [0.15, 0.2) is 0 Å². The highest BCUT2D eigenvalue weighted by atomic mass is 16.5. The minimum Gasteiger partial charge on any atom is -0.465 e. The van der Waals surface area contributed by atoms with Crippen LogP contribution < -0.4 is 0 Å². The summed E-state index contributed by atoms with van der Waals surface area (Å²) in [6.45, 7) is 9.61. The summed E-state index contributed by atoms with van der Waals surface area (Å²) < 4.78 is 4.91. The van der Waals surface area contributed by atoms with E-state index in [-0.39, 0.29) is 0 Å². The van der Waals surface area contributed by atoms with Gasteiger partial charge in [-0.3, -0.25) is 4.79 Å². The van der Waals surface area contributed by atoms with Crippen molar-refractivity contribution in [3.63, 3.8) is 0 Å². The highest BCUT2D eigenvalue weighted by molar-refractivity contribution is 5.75. The number of hydrogen-bond donors (Lipinski definition) is 1. The molecule has 3 nitrogen and oxygen atoms in total. The van der Waals surface area contributed by atoms with Gasteiger partial charge in [0.05, 0.1) is 12.7 Å². The molecule has 102 valence electrons. The van der Waals surface area contributed by atoms with Gasteiger partial charge in [0.1, 0.15) is 5.92 Å². The van der Waals surface area contributed by atoms with Gasteiger partial charge < -0.3 is 9.84 Å². The predicted molar refractivity (Wildman–Crippen MR) is 73.1 cm³/mol. The zero-order valence-corrected chi connectivity index (χ0v) is 11.6. The van der Waals surface area contributed by atoms with E-state index >= 15 is 0 Å². The summed E-state index contributed by atoms with van der Waals surface area (Å²) in [4.78, 5) is 11.7. The Balaban J connectivity index is 4.82. The smallest absolute Gasteiger partial charge is 0.316 e. The summed E-state index contributed by atoms with van der Waals surface area (Å²) in [5.41, 5.74) is 4.13. The first-order chi connectivity index (χ1) is 8.56. The van der Waals surface area contributed by atoms with Gasteiger partial charge in [-0.1, -0.05) is 19.4 Å². The third-order valence-corrected chi connectivity index (χ3v) is 2.58. The third kappa shape index (κ3) is 6.43. The summed E-state index contributed by atoms with van der Waals surface area (Å²) in [6.07, 6.45) is 5.15. The van der Waals surface area contributed by atoms with Crippen molar-refractivity contribution in [2.24, 2.45) is 5.92 Å². The predicted octanol–water partition coefficient (Wildman–Crippen LogP) is 3.00. The molecular weight excluding hydrogens is 228 g/mol. The van der Waals surface area contributed by atoms with E-state index in [9.17, 15) is 9.90 Å². The van der Waals surface area contributed by atoms with E-state index < -0.39 is 18.0 Å². The molecule has 1 N–H and O–H groups in total. The van der Waals surface area contributed by atoms with Crippen molar-refractivity contribution in [1.29, 1.82) is 0 Å². The summed E-state index contributed by atoms with van der Waals surface area (Å²) in [5.74, 6) is -1.17. The van der Waals surface area contributed by atoms with E-state index in [0.29, 0.717) is 6.61 Å². The van der Waals surface area contributed by atoms with Crippen molar-refractivity contribution in [2.75, 3.05) is 6.61 Å². The fourth-order valence-electron chi connectivity index (χ4n) is 1.44. The maximum absolute atomic E-state index is 11.7. The van der Waals surface area contributed by atoms with Crippen molar-refractivity contribution >= 4 is 5.97 Å². The maximum Gasteiger partial charge on any atom is 0.316 e. The molecule has 2 unspecified atom stereocenters. The van der Waals surface area contributed by atoms with E-state index in [2.05, 4.69) is 19.2 Å². The first-order valence-electron chi connectivity index (χ1n) is 6.46. The largest absolute Gasteiger partial charge is 0.465 e. The lowest BCUT2D eigenvalue weighted by Gasteiger charge is -2.14. The molecule has 0 aromatic heterocycles. The van der Waals surface area contributed by atoms with Crippen LogP contribution in [0.3, 0.4) is 0 Å². The molecule has 0 bridgehead atoms. The molecule has 2 atom stereocenters. The first kappa shape index (κ1) is 16.7. The van der Waals surface area contributed by atoms with Gasteiger partial charge in [-0.2, -0.15) is 0 Å². The van der Waals surface area contributed by atoms with Crippen LogP contribution in [0, 0.1) is 5.92 Å². The Morgan fingerprint density at radius 3 is 2.67 bits per heavy atom. The highest BCUT2D eigenvalue weighted by Crippen LogP contribution is 2.11. The first-order valence-corrected chi connectivity index (χ1v) is 6.46. The Hall–Kier alpha value is -1.31. The number of hydrogen-bond acceptors (Lipinski definition) is 3. The van der Waals surface area contributed by atoms with E-state index in [1.165, 1.54) is 6.08 Å². The number of rotatable bonds is 8. The van der Waals surface area contributed by atoms with Crippen LogP contribution in [0.5, 0.6) is 0 Å². The molecule has 0 aliphatic rings. The number of aliphatic hydroxyl groups is 1. The quantitative estimate of drug-likeness (QED) is 0.410.